The molecule has 7 heteroatoms. The minimum Gasteiger partial charge on any atom is -0.241 e. The van der Waals surface area contributed by atoms with Gasteiger partial charge in [-0.1, -0.05) is 24.3 Å². The molecule has 22 heavy (non-hydrogen) atoms. The average Bonchev–Trinajstić information content (AvgIpc) is 3.20. The molecule has 5 nitrogen and oxygen atoms in total. The predicted molar refractivity (Wildman–Crippen MR) is 86.8 cm³/mol. The molecule has 0 fully saturated rings. The SMILES string of the molecule is O=S(=O)(NCCc1cnn(-c2ccccc2)c1)c1cccs1. The van der Waals surface area contributed by atoms with Crippen LogP contribution in [0.3, 0.4) is 0 Å². The summed E-state index contributed by atoms with van der Waals surface area (Å²) in [6.07, 6.45) is 4.26. The third-order valence-electron chi connectivity index (χ3n) is 3.12. The van der Waals surface area contributed by atoms with Gasteiger partial charge in [0.1, 0.15) is 4.21 Å². The fourth-order valence-electron chi connectivity index (χ4n) is 2.03. The van der Waals surface area contributed by atoms with Gasteiger partial charge in [-0.3, -0.25) is 0 Å². The summed E-state index contributed by atoms with van der Waals surface area (Å²) in [5.41, 5.74) is 1.96. The van der Waals surface area contributed by atoms with E-state index in [-0.39, 0.29) is 0 Å². The molecule has 114 valence electrons. The van der Waals surface area contributed by atoms with Crippen LogP contribution in [-0.4, -0.2) is 24.7 Å². The van der Waals surface area contributed by atoms with Gasteiger partial charge < -0.3 is 0 Å². The van der Waals surface area contributed by atoms with E-state index < -0.39 is 10.0 Å². The van der Waals surface area contributed by atoms with Crippen LogP contribution in [0.1, 0.15) is 5.56 Å². The molecule has 0 atom stereocenters. The van der Waals surface area contributed by atoms with Gasteiger partial charge in [0.05, 0.1) is 11.9 Å². The topological polar surface area (TPSA) is 64.0 Å². The molecule has 0 aliphatic carbocycles. The van der Waals surface area contributed by atoms with Crippen LogP contribution < -0.4 is 4.72 Å². The molecule has 3 aromatic rings. The highest BCUT2D eigenvalue weighted by molar-refractivity contribution is 7.91. The Hall–Kier alpha value is -1.96. The van der Waals surface area contributed by atoms with Gasteiger partial charge in [-0.05, 0) is 35.6 Å². The number of nitrogens with one attached hydrogen (secondary N) is 1. The number of rotatable bonds is 6. The first-order valence-corrected chi connectivity index (χ1v) is 9.13. The summed E-state index contributed by atoms with van der Waals surface area (Å²) in [7, 11) is -3.39. The smallest absolute Gasteiger partial charge is 0.241 e. The monoisotopic (exact) mass is 333 g/mol. The zero-order valence-electron chi connectivity index (χ0n) is 11.7. The summed E-state index contributed by atoms with van der Waals surface area (Å²) in [6, 6.07) is 13.1. The molecule has 0 aliphatic heterocycles. The van der Waals surface area contributed by atoms with Gasteiger partial charge in [0.25, 0.3) is 0 Å². The van der Waals surface area contributed by atoms with E-state index in [1.165, 1.54) is 11.3 Å². The lowest BCUT2D eigenvalue weighted by molar-refractivity contribution is 0.584. The van der Waals surface area contributed by atoms with E-state index in [0.29, 0.717) is 17.2 Å². The van der Waals surface area contributed by atoms with Crippen LogP contribution in [0, 0.1) is 0 Å². The van der Waals surface area contributed by atoms with Crippen molar-refractivity contribution in [2.75, 3.05) is 6.54 Å². The van der Waals surface area contributed by atoms with Crippen LogP contribution >= 0.6 is 11.3 Å². The van der Waals surface area contributed by atoms with Gasteiger partial charge in [0.2, 0.25) is 10.0 Å². The second kappa shape index (κ2) is 6.43. The first-order chi connectivity index (χ1) is 10.6. The number of aromatic nitrogens is 2. The predicted octanol–water partition coefficient (Wildman–Crippen LogP) is 2.45. The highest BCUT2D eigenvalue weighted by atomic mass is 32.2. The number of hydrogen-bond acceptors (Lipinski definition) is 4. The lowest BCUT2D eigenvalue weighted by Gasteiger charge is -2.03. The minimum absolute atomic E-state index is 0.340. The van der Waals surface area contributed by atoms with Crippen molar-refractivity contribution in [3.05, 3.63) is 65.8 Å². The average molecular weight is 333 g/mol. The van der Waals surface area contributed by atoms with E-state index in [1.807, 2.05) is 36.5 Å². The van der Waals surface area contributed by atoms with Gasteiger partial charge in [-0.15, -0.1) is 11.3 Å². The Morgan fingerprint density at radius 2 is 1.95 bits per heavy atom. The lowest BCUT2D eigenvalue weighted by Crippen LogP contribution is -2.25. The molecule has 1 aromatic carbocycles. The molecule has 0 radical (unpaired) electrons. The lowest BCUT2D eigenvalue weighted by atomic mass is 10.2. The van der Waals surface area contributed by atoms with Crippen LogP contribution in [0.5, 0.6) is 0 Å². The number of nitrogens with zero attached hydrogens (tertiary/aromatic N) is 2. The van der Waals surface area contributed by atoms with Crippen LogP contribution in [0.15, 0.2) is 64.4 Å². The molecular formula is C15H15N3O2S2. The van der Waals surface area contributed by atoms with Crippen molar-refractivity contribution >= 4 is 21.4 Å². The summed E-state index contributed by atoms with van der Waals surface area (Å²) in [4.78, 5) is 0. The van der Waals surface area contributed by atoms with E-state index in [9.17, 15) is 8.42 Å². The van der Waals surface area contributed by atoms with E-state index in [0.717, 1.165) is 11.3 Å². The van der Waals surface area contributed by atoms with Crippen LogP contribution in [0.4, 0.5) is 0 Å². The first kappa shape index (κ1) is 15.0. The molecule has 0 aliphatic rings. The summed E-state index contributed by atoms with van der Waals surface area (Å²) < 4.78 is 28.7. The Bertz CT molecular complexity index is 825. The third kappa shape index (κ3) is 3.44. The molecule has 0 bridgehead atoms. The Morgan fingerprint density at radius 3 is 2.68 bits per heavy atom. The Balaban J connectivity index is 1.60. The van der Waals surface area contributed by atoms with Crippen molar-refractivity contribution in [1.29, 1.82) is 0 Å². The quantitative estimate of drug-likeness (QED) is 0.753. The van der Waals surface area contributed by atoms with Crippen LogP contribution in [0.2, 0.25) is 0 Å². The van der Waals surface area contributed by atoms with Gasteiger partial charge >= 0.3 is 0 Å². The molecule has 3 rings (SSSR count). The van der Waals surface area contributed by atoms with Crippen molar-refractivity contribution in [3.8, 4) is 5.69 Å². The fourth-order valence-corrected chi connectivity index (χ4v) is 4.10. The number of thiophene rings is 1. The minimum atomic E-state index is -3.39. The summed E-state index contributed by atoms with van der Waals surface area (Å²) in [5, 5.41) is 6.04. The zero-order chi connectivity index (χ0) is 15.4. The normalized spacial score (nSPS) is 11.6. The molecule has 0 unspecified atom stereocenters. The Labute approximate surface area is 133 Å². The van der Waals surface area contributed by atoms with Gasteiger partial charge in [0, 0.05) is 12.7 Å². The van der Waals surface area contributed by atoms with E-state index in [1.54, 1.807) is 28.4 Å². The maximum absolute atomic E-state index is 12.0. The summed E-state index contributed by atoms with van der Waals surface area (Å²) in [5.74, 6) is 0. The van der Waals surface area contributed by atoms with Crippen LogP contribution in [0.25, 0.3) is 5.69 Å². The number of benzene rings is 1. The molecule has 0 spiro atoms. The molecular weight excluding hydrogens is 318 g/mol. The molecule has 0 amide bonds. The number of sulfonamides is 1. The van der Waals surface area contributed by atoms with Crippen molar-refractivity contribution in [2.45, 2.75) is 10.6 Å². The Kier molecular flexibility index (Phi) is 4.37. The highest BCUT2D eigenvalue weighted by Crippen LogP contribution is 2.15. The van der Waals surface area contributed by atoms with Gasteiger partial charge in [0.15, 0.2) is 0 Å². The van der Waals surface area contributed by atoms with Gasteiger partial charge in [-0.2, -0.15) is 5.10 Å². The van der Waals surface area contributed by atoms with Crippen molar-refractivity contribution in [1.82, 2.24) is 14.5 Å². The fraction of sp³-hybridized carbons (Fsp3) is 0.133. The first-order valence-electron chi connectivity index (χ1n) is 6.77. The number of para-hydroxylation sites is 1. The standard InChI is InChI=1S/C15H15N3O2S2/c19-22(20,15-7-4-10-21-15)17-9-8-13-11-16-18(12-13)14-5-2-1-3-6-14/h1-7,10-12,17H,8-9H2. The number of hydrogen-bond donors (Lipinski definition) is 1. The van der Waals surface area contributed by atoms with Gasteiger partial charge in [-0.25, -0.2) is 17.8 Å². The maximum atomic E-state index is 12.0. The van der Waals surface area contributed by atoms with Crippen molar-refractivity contribution < 1.29 is 8.42 Å². The molecule has 2 aromatic heterocycles. The summed E-state index contributed by atoms with van der Waals surface area (Å²) >= 11 is 1.21. The van der Waals surface area contributed by atoms with E-state index in [2.05, 4.69) is 9.82 Å². The van der Waals surface area contributed by atoms with Crippen molar-refractivity contribution in [3.63, 3.8) is 0 Å². The second-order valence-corrected chi connectivity index (χ2v) is 7.65. The van der Waals surface area contributed by atoms with Crippen LogP contribution in [-0.2, 0) is 16.4 Å². The molecule has 0 saturated heterocycles. The van der Waals surface area contributed by atoms with E-state index in [4.69, 9.17) is 0 Å². The summed E-state index contributed by atoms with van der Waals surface area (Å²) in [6.45, 7) is 0.348. The molecule has 0 saturated carbocycles. The second-order valence-electron chi connectivity index (χ2n) is 4.71. The molecule has 1 N–H and O–H groups in total. The van der Waals surface area contributed by atoms with E-state index >= 15 is 0 Å². The highest BCUT2D eigenvalue weighted by Gasteiger charge is 2.14. The van der Waals surface area contributed by atoms with Crippen molar-refractivity contribution in [2.24, 2.45) is 0 Å². The third-order valence-corrected chi connectivity index (χ3v) is 5.98. The largest absolute Gasteiger partial charge is 0.250 e. The zero-order valence-corrected chi connectivity index (χ0v) is 13.3. The Morgan fingerprint density at radius 1 is 1.14 bits per heavy atom. The molecule has 2 heterocycles. The maximum Gasteiger partial charge on any atom is 0.250 e.